The third-order valence-corrected chi connectivity index (χ3v) is 6.02. The van der Waals surface area contributed by atoms with Crippen LogP contribution in [0.3, 0.4) is 0 Å². The molecule has 166 valence electrons. The zero-order valence-corrected chi connectivity index (χ0v) is 16.8. The molecule has 2 aromatic heterocycles. The third-order valence-electron chi connectivity index (χ3n) is 4.38. The highest BCUT2D eigenvalue weighted by molar-refractivity contribution is 7.89. The second-order valence-corrected chi connectivity index (χ2v) is 8.21. The lowest BCUT2D eigenvalue weighted by Gasteiger charge is -2.17. The number of rotatable bonds is 5. The quantitative estimate of drug-likeness (QED) is 0.569. The van der Waals surface area contributed by atoms with E-state index in [1.807, 2.05) is 0 Å². The summed E-state index contributed by atoms with van der Waals surface area (Å²) in [6.07, 6.45) is -3.63. The Labute approximate surface area is 172 Å². The number of aromatic nitrogens is 2. The highest BCUT2D eigenvalue weighted by atomic mass is 32.2. The molecule has 1 atom stereocenters. The van der Waals surface area contributed by atoms with Crippen LogP contribution in [0.5, 0.6) is 0 Å². The number of nitrogens with one attached hydrogen (secondary N) is 2. The van der Waals surface area contributed by atoms with Gasteiger partial charge in [-0.15, -0.1) is 0 Å². The lowest BCUT2D eigenvalue weighted by atomic mass is 10.2. The van der Waals surface area contributed by atoms with Crippen LogP contribution < -0.4 is 10.0 Å². The van der Waals surface area contributed by atoms with Gasteiger partial charge in [-0.05, 0) is 31.2 Å². The van der Waals surface area contributed by atoms with Crippen LogP contribution >= 0.6 is 0 Å². The van der Waals surface area contributed by atoms with Crippen molar-refractivity contribution in [2.24, 2.45) is 7.05 Å². The monoisotopic (exact) mass is 462 g/mol. The summed E-state index contributed by atoms with van der Waals surface area (Å²) < 4.78 is 93.0. The number of pyridine rings is 1. The molecule has 0 radical (unpaired) electrons. The summed E-state index contributed by atoms with van der Waals surface area (Å²) in [5.41, 5.74) is -0.606. The molecule has 2 heterocycles. The van der Waals surface area contributed by atoms with Gasteiger partial charge in [-0.3, -0.25) is 9.78 Å². The van der Waals surface area contributed by atoms with Gasteiger partial charge < -0.3 is 9.88 Å². The SMILES string of the molecule is CC(NS(=O)(=O)c1c2ncccc2c(C(=O)Nc2ccc(F)c(F)c2)n1C)C(F)(F)F. The average Bonchev–Trinajstić information content (AvgIpc) is 2.96. The number of halogens is 5. The molecule has 0 fully saturated rings. The molecular weight excluding hydrogens is 447 g/mol. The fourth-order valence-corrected chi connectivity index (χ4v) is 4.49. The van der Waals surface area contributed by atoms with Gasteiger partial charge in [-0.25, -0.2) is 17.2 Å². The van der Waals surface area contributed by atoms with Gasteiger partial charge in [0, 0.05) is 30.4 Å². The molecule has 1 aromatic carbocycles. The van der Waals surface area contributed by atoms with Gasteiger partial charge in [0.1, 0.15) is 17.3 Å². The van der Waals surface area contributed by atoms with Crippen LogP contribution in [-0.2, 0) is 17.1 Å². The van der Waals surface area contributed by atoms with E-state index in [0.717, 1.165) is 29.8 Å². The van der Waals surface area contributed by atoms with Crippen molar-refractivity contribution in [1.29, 1.82) is 0 Å². The van der Waals surface area contributed by atoms with Crippen molar-refractivity contribution in [3.63, 3.8) is 0 Å². The van der Waals surface area contributed by atoms with E-state index in [0.29, 0.717) is 6.92 Å². The lowest BCUT2D eigenvalue weighted by molar-refractivity contribution is -0.147. The van der Waals surface area contributed by atoms with Crippen molar-refractivity contribution >= 4 is 32.5 Å². The Kier molecular flexibility index (Phi) is 5.76. The van der Waals surface area contributed by atoms with Crippen molar-refractivity contribution in [3.05, 3.63) is 53.9 Å². The first-order valence-electron chi connectivity index (χ1n) is 8.61. The van der Waals surface area contributed by atoms with Crippen LogP contribution in [0.1, 0.15) is 17.4 Å². The summed E-state index contributed by atoms with van der Waals surface area (Å²) in [5.74, 6) is -3.26. The molecule has 2 N–H and O–H groups in total. The number of carbonyl (C=O) groups is 1. The van der Waals surface area contributed by atoms with Crippen molar-refractivity contribution in [2.45, 2.75) is 24.2 Å². The normalized spacial score (nSPS) is 13.4. The summed E-state index contributed by atoms with van der Waals surface area (Å²) >= 11 is 0. The van der Waals surface area contributed by atoms with Crippen LogP contribution in [0.15, 0.2) is 41.6 Å². The molecule has 31 heavy (non-hydrogen) atoms. The minimum atomic E-state index is -4.84. The zero-order chi connectivity index (χ0) is 23.1. The molecule has 0 aliphatic rings. The number of amides is 1. The highest BCUT2D eigenvalue weighted by Crippen LogP contribution is 2.29. The summed E-state index contributed by atoms with van der Waals surface area (Å²) in [5, 5.41) is 1.67. The number of benzene rings is 1. The number of anilines is 1. The standard InChI is InChI=1S/C18H15F5N4O3S/c1-9(18(21,22)23)26-31(29,30)17-14-11(4-3-7-24-14)15(27(17)2)16(28)25-10-5-6-12(19)13(20)8-10/h3-9,26H,1-2H3,(H,25,28). The minimum Gasteiger partial charge on any atom is -0.327 e. The Morgan fingerprint density at radius 3 is 2.45 bits per heavy atom. The van der Waals surface area contributed by atoms with Crippen molar-refractivity contribution < 1.29 is 35.2 Å². The smallest absolute Gasteiger partial charge is 0.327 e. The van der Waals surface area contributed by atoms with Gasteiger partial charge in [0.05, 0.1) is 0 Å². The van der Waals surface area contributed by atoms with Crippen molar-refractivity contribution in [1.82, 2.24) is 14.3 Å². The van der Waals surface area contributed by atoms with Crippen LogP contribution in [0.2, 0.25) is 0 Å². The van der Waals surface area contributed by atoms with Crippen LogP contribution in [0, 0.1) is 11.6 Å². The van der Waals surface area contributed by atoms with E-state index >= 15 is 0 Å². The van der Waals surface area contributed by atoms with Gasteiger partial charge in [0.25, 0.3) is 15.9 Å². The van der Waals surface area contributed by atoms with Gasteiger partial charge in [0.15, 0.2) is 16.7 Å². The van der Waals surface area contributed by atoms with E-state index in [4.69, 9.17) is 0 Å². The van der Waals surface area contributed by atoms with E-state index in [1.54, 1.807) is 0 Å². The maximum absolute atomic E-state index is 13.4. The molecule has 13 heteroatoms. The number of nitrogens with zero attached hydrogens (tertiary/aromatic N) is 2. The van der Waals surface area contributed by atoms with Crippen LogP contribution in [0.4, 0.5) is 27.6 Å². The Morgan fingerprint density at radius 2 is 1.84 bits per heavy atom. The van der Waals surface area contributed by atoms with Crippen molar-refractivity contribution in [2.75, 3.05) is 5.32 Å². The summed E-state index contributed by atoms with van der Waals surface area (Å²) in [4.78, 5) is 16.7. The Balaban J connectivity index is 2.09. The molecule has 1 amide bonds. The Hall–Kier alpha value is -3.06. The first-order valence-corrected chi connectivity index (χ1v) is 10.1. The molecule has 0 aliphatic carbocycles. The predicted octanol–water partition coefficient (Wildman–Crippen LogP) is 3.33. The highest BCUT2D eigenvalue weighted by Gasteiger charge is 2.40. The molecule has 0 saturated heterocycles. The lowest BCUT2D eigenvalue weighted by Crippen LogP contribution is -2.43. The molecule has 0 saturated carbocycles. The number of hydrogen-bond acceptors (Lipinski definition) is 4. The van der Waals surface area contributed by atoms with E-state index in [-0.39, 0.29) is 22.3 Å². The first-order chi connectivity index (χ1) is 14.3. The Bertz CT molecular complexity index is 1270. The van der Waals surface area contributed by atoms with Crippen molar-refractivity contribution in [3.8, 4) is 0 Å². The van der Waals surface area contributed by atoms with E-state index in [2.05, 4.69) is 10.3 Å². The number of sulfonamides is 1. The van der Waals surface area contributed by atoms with Gasteiger partial charge in [0.2, 0.25) is 0 Å². The van der Waals surface area contributed by atoms with E-state index in [1.165, 1.54) is 23.1 Å². The fourth-order valence-electron chi connectivity index (χ4n) is 2.91. The molecule has 0 spiro atoms. The van der Waals surface area contributed by atoms with E-state index < -0.39 is 44.8 Å². The predicted molar refractivity (Wildman–Crippen MR) is 101 cm³/mol. The van der Waals surface area contributed by atoms with Gasteiger partial charge in [-0.1, -0.05) is 0 Å². The molecular formula is C18H15F5N4O3S. The number of carbonyl (C=O) groups excluding carboxylic acids is 1. The fraction of sp³-hybridized carbons (Fsp3) is 0.222. The zero-order valence-electron chi connectivity index (χ0n) is 16.0. The van der Waals surface area contributed by atoms with Crippen LogP contribution in [0.25, 0.3) is 10.9 Å². The average molecular weight is 462 g/mol. The first kappa shape index (κ1) is 22.6. The number of hydrogen-bond donors (Lipinski definition) is 2. The molecule has 3 aromatic rings. The summed E-state index contributed by atoms with van der Waals surface area (Å²) in [7, 11) is -3.60. The second-order valence-electron chi connectivity index (χ2n) is 6.58. The summed E-state index contributed by atoms with van der Waals surface area (Å²) in [6, 6.07) is 2.96. The largest absolute Gasteiger partial charge is 0.404 e. The maximum Gasteiger partial charge on any atom is 0.404 e. The maximum atomic E-state index is 13.4. The van der Waals surface area contributed by atoms with Gasteiger partial charge in [-0.2, -0.15) is 17.9 Å². The number of alkyl halides is 3. The molecule has 3 rings (SSSR count). The topological polar surface area (TPSA) is 93.1 Å². The summed E-state index contributed by atoms with van der Waals surface area (Å²) in [6.45, 7) is 0.632. The molecule has 0 aliphatic heterocycles. The Morgan fingerprint density at radius 1 is 1.16 bits per heavy atom. The van der Waals surface area contributed by atoms with Gasteiger partial charge >= 0.3 is 6.18 Å². The van der Waals surface area contributed by atoms with E-state index in [9.17, 15) is 35.2 Å². The minimum absolute atomic E-state index is 0.0325. The molecule has 0 bridgehead atoms. The molecule has 7 nitrogen and oxygen atoms in total. The number of fused-ring (bicyclic) bond motifs is 1. The van der Waals surface area contributed by atoms with Crippen LogP contribution in [-0.4, -0.2) is 36.1 Å². The third kappa shape index (κ3) is 4.37. The molecule has 1 unspecified atom stereocenters. The second kappa shape index (κ2) is 7.89.